The number of hydrogen-bond donors (Lipinski definition) is 6. The number of aliphatic carboxylic acids is 2. The number of hydrogen-bond acceptors (Lipinski definition) is 23. The fraction of sp³-hybridized carbons (Fsp3) is 0.830. The van der Waals surface area contributed by atoms with Crippen molar-refractivity contribution in [3.63, 3.8) is 0 Å². The molecule has 0 aliphatic carbocycles. The van der Waals surface area contributed by atoms with Gasteiger partial charge in [0.25, 0.3) is 0 Å². The molecule has 0 heterocycles. The van der Waals surface area contributed by atoms with E-state index in [-0.39, 0.29) is 97.7 Å². The minimum absolute atomic E-state index is 0.00351. The van der Waals surface area contributed by atoms with Gasteiger partial charge < -0.3 is 93.8 Å². The topological polar surface area (TPSA) is 462 Å². The van der Waals surface area contributed by atoms with Gasteiger partial charge in [0, 0.05) is 56.6 Å². The van der Waals surface area contributed by atoms with E-state index >= 15 is 0 Å². The number of alkyl carbamates (subject to hydrolysis) is 1. The third kappa shape index (κ3) is 61.5. The van der Waals surface area contributed by atoms with Crippen molar-refractivity contribution in [2.24, 2.45) is 16.0 Å². The first-order valence-electron chi connectivity index (χ1n) is 29.2. The molecule has 0 aromatic carbocycles. The predicted octanol–water partition coefficient (Wildman–Crippen LogP) is 4.15. The molecular formula is C53H91F9N12O22. The number of alkyl halides is 9. The van der Waals surface area contributed by atoms with E-state index < -0.39 is 95.9 Å². The van der Waals surface area contributed by atoms with Crippen molar-refractivity contribution in [3.05, 3.63) is 20.9 Å². The average Bonchev–Trinajstić information content (AvgIpc) is 1.42. The van der Waals surface area contributed by atoms with Crippen molar-refractivity contribution in [2.45, 2.75) is 121 Å². The maximum atomic E-state index is 12.4. The quantitative estimate of drug-likeness (QED) is 0.00947. The second kappa shape index (κ2) is 57.9. The molecule has 0 aliphatic rings. The van der Waals surface area contributed by atoms with Crippen molar-refractivity contribution in [1.82, 2.24) is 25.8 Å². The number of methoxy groups -OCH3 is 2. The second-order valence-electron chi connectivity index (χ2n) is 20.1. The van der Waals surface area contributed by atoms with Crippen LogP contribution in [0.15, 0.2) is 10.2 Å². The van der Waals surface area contributed by atoms with Gasteiger partial charge in [0.1, 0.15) is 36.9 Å². The molecule has 0 radical (unpaired) electrons. The highest BCUT2D eigenvalue weighted by molar-refractivity contribution is 5.85. The van der Waals surface area contributed by atoms with E-state index in [1.807, 2.05) is 0 Å². The number of rotatable bonds is 48. The standard InChI is InChI=1S/C20H34F3N5O8.C13H21F3N2O5.C10H17F3N2O3.C10H19N3O6/c1-28(19(31)20(21,22)23)7-4-3-5-16(18(30)32-2)26-17(29)15-36-14-13-35-12-11-34-10-9-33-8-6-25-27-24;1-12(2,3)23-11(22)18-8(9(19)20)6-4-5-7-17-10(21)13(14,15)16;1-15(9(17)10(11,12)13)6-4-3-5-7(14)8(16)18-2;11-13-12-1-2-16-3-4-17-5-6-18-7-8-19-9-10(14)15/h16H,3-15H2,1-2H3,(H,26,29);8H,4-7H2,1-3H3,(H,17,21)(H,18,22)(H,19,20);7H,3-6,14H2,1-2H3;1-9H2,(H,14,15)/t16-;8-;7-;/m000./s1. The highest BCUT2D eigenvalue weighted by Crippen LogP contribution is 2.20. The summed E-state index contributed by atoms with van der Waals surface area (Å²) < 4.78 is 164. The van der Waals surface area contributed by atoms with Crippen LogP contribution in [0.3, 0.4) is 0 Å². The molecule has 0 spiro atoms. The lowest BCUT2D eigenvalue weighted by atomic mass is 10.1. The molecule has 3 atom stereocenters. The Labute approximate surface area is 547 Å². The molecule has 0 aromatic rings. The number of carbonyl (C=O) groups excluding carboxylic acids is 7. The predicted molar refractivity (Wildman–Crippen MR) is 315 cm³/mol. The minimum Gasteiger partial charge on any atom is -0.480 e. The molecule has 0 aliphatic heterocycles. The molecule has 0 unspecified atom stereocenters. The number of esters is 2. The number of halogens is 9. The molecule has 5 amide bonds. The van der Waals surface area contributed by atoms with Gasteiger partial charge in [-0.15, -0.1) is 0 Å². The van der Waals surface area contributed by atoms with Gasteiger partial charge in [-0.3, -0.25) is 24.0 Å². The van der Waals surface area contributed by atoms with Gasteiger partial charge in [0.15, 0.2) is 0 Å². The Kier molecular flexibility index (Phi) is 57.3. The lowest BCUT2D eigenvalue weighted by molar-refractivity contribution is -0.184. The smallest absolute Gasteiger partial charge is 0.471 e. The number of amides is 5. The van der Waals surface area contributed by atoms with Gasteiger partial charge in [-0.25, -0.2) is 19.2 Å². The first kappa shape index (κ1) is 95.1. The van der Waals surface area contributed by atoms with Crippen LogP contribution in [0.4, 0.5) is 44.3 Å². The normalized spacial score (nSPS) is 12.1. The number of nitrogens with one attached hydrogen (secondary N) is 3. The van der Waals surface area contributed by atoms with Crippen LogP contribution in [0.25, 0.3) is 20.9 Å². The average molecular weight is 1420 g/mol. The molecule has 43 heteroatoms. The zero-order valence-electron chi connectivity index (χ0n) is 54.6. The molecule has 558 valence electrons. The van der Waals surface area contributed by atoms with Gasteiger partial charge in [-0.1, -0.05) is 10.2 Å². The fourth-order valence-corrected chi connectivity index (χ4v) is 6.37. The monoisotopic (exact) mass is 1420 g/mol. The Morgan fingerprint density at radius 1 is 0.510 bits per heavy atom. The number of carbonyl (C=O) groups is 9. The molecular weight excluding hydrogens is 1330 g/mol. The van der Waals surface area contributed by atoms with Crippen LogP contribution < -0.4 is 21.7 Å². The molecule has 96 heavy (non-hydrogen) atoms. The third-order valence-corrected chi connectivity index (χ3v) is 10.9. The highest BCUT2D eigenvalue weighted by Gasteiger charge is 2.42. The van der Waals surface area contributed by atoms with Crippen LogP contribution in [0.5, 0.6) is 0 Å². The van der Waals surface area contributed by atoms with Crippen molar-refractivity contribution in [2.75, 3.05) is 167 Å². The number of nitrogens with two attached hydrogens (primary N) is 1. The summed E-state index contributed by atoms with van der Waals surface area (Å²) >= 11 is 0. The lowest BCUT2D eigenvalue weighted by Gasteiger charge is -2.22. The Morgan fingerprint density at radius 2 is 0.885 bits per heavy atom. The molecule has 0 rings (SSSR count). The summed E-state index contributed by atoms with van der Waals surface area (Å²) in [5.74, 6) is -9.97. The SMILES string of the molecule is CC(C)(C)OC(=O)N[C@@H](CCCCNC(=O)C(F)(F)F)C(=O)O.COC(=O)[C@@H](N)CCCCN(C)C(=O)C(F)(F)F.COC(=O)[C@H](CCCCN(C)C(=O)C(F)(F)F)NC(=O)COCCOCCOCCOCCN=[N+]=[N-].[N-]=[N+]=NCCOCCOCCOCCOCC(=O)O. The van der Waals surface area contributed by atoms with Gasteiger partial charge in [-0.05, 0) is 89.6 Å². The van der Waals surface area contributed by atoms with Crippen molar-refractivity contribution in [1.29, 1.82) is 0 Å². The Bertz CT molecular complexity index is 2270. The maximum absolute atomic E-state index is 12.4. The van der Waals surface area contributed by atoms with Crippen molar-refractivity contribution < 1.29 is 145 Å². The molecule has 7 N–H and O–H groups in total. The summed E-state index contributed by atoms with van der Waals surface area (Å²) in [6.07, 6.45) is -13.6. The van der Waals surface area contributed by atoms with E-state index in [9.17, 15) is 82.7 Å². The molecule has 34 nitrogen and oxygen atoms in total. The number of ether oxygens (including phenoxy) is 11. The molecule has 0 saturated heterocycles. The zero-order chi connectivity index (χ0) is 74.0. The van der Waals surface area contributed by atoms with Crippen LogP contribution in [-0.4, -0.2) is 283 Å². The number of carboxylic acid groups (broad SMARTS) is 2. The largest absolute Gasteiger partial charge is 0.480 e. The van der Waals surface area contributed by atoms with E-state index in [2.05, 4.69) is 40.2 Å². The summed E-state index contributed by atoms with van der Waals surface area (Å²) in [5.41, 5.74) is 20.8. The third-order valence-electron chi connectivity index (χ3n) is 10.9. The summed E-state index contributed by atoms with van der Waals surface area (Å²) in [5, 5.41) is 30.2. The molecule has 0 aromatic heterocycles. The summed E-state index contributed by atoms with van der Waals surface area (Å²) in [4.78, 5) is 106. The van der Waals surface area contributed by atoms with E-state index in [1.54, 1.807) is 26.1 Å². The van der Waals surface area contributed by atoms with Crippen LogP contribution in [-0.2, 0) is 90.5 Å². The number of nitrogens with zero attached hydrogens (tertiary/aromatic N) is 8. The van der Waals surface area contributed by atoms with E-state index in [0.29, 0.717) is 108 Å². The van der Waals surface area contributed by atoms with Gasteiger partial charge in [0.05, 0.1) is 107 Å². The van der Waals surface area contributed by atoms with Gasteiger partial charge in [0.2, 0.25) is 5.91 Å². The Morgan fingerprint density at radius 3 is 1.25 bits per heavy atom. The van der Waals surface area contributed by atoms with Gasteiger partial charge in [-0.2, -0.15) is 39.5 Å². The van der Waals surface area contributed by atoms with Crippen molar-refractivity contribution in [3.8, 4) is 0 Å². The van der Waals surface area contributed by atoms with Crippen LogP contribution >= 0.6 is 0 Å². The van der Waals surface area contributed by atoms with E-state index in [4.69, 9.17) is 69.6 Å². The summed E-state index contributed by atoms with van der Waals surface area (Å²) in [7, 11) is 4.47. The fourth-order valence-electron chi connectivity index (χ4n) is 6.37. The molecule has 0 saturated carbocycles. The Hall–Kier alpha value is -7.34. The van der Waals surface area contributed by atoms with Crippen molar-refractivity contribution >= 4 is 53.6 Å². The van der Waals surface area contributed by atoms with E-state index in [0.717, 1.165) is 21.2 Å². The highest BCUT2D eigenvalue weighted by atomic mass is 19.4. The Balaban J connectivity index is -0.000000615. The molecule has 0 fully saturated rings. The van der Waals surface area contributed by atoms with Crippen LogP contribution in [0.1, 0.15) is 78.6 Å². The number of carboxylic acids is 2. The van der Waals surface area contributed by atoms with Crippen LogP contribution in [0.2, 0.25) is 0 Å². The van der Waals surface area contributed by atoms with Crippen LogP contribution in [0, 0.1) is 0 Å². The lowest BCUT2D eigenvalue weighted by Crippen LogP contribution is -2.43. The second-order valence-corrected chi connectivity index (χ2v) is 20.1. The summed E-state index contributed by atoms with van der Waals surface area (Å²) in [6.45, 7) is 9.05. The zero-order valence-corrected chi connectivity index (χ0v) is 54.6. The van der Waals surface area contributed by atoms with Gasteiger partial charge >= 0.3 is 66.2 Å². The number of unbranched alkanes of at least 4 members (excludes halogenated alkanes) is 3. The first-order valence-corrected chi connectivity index (χ1v) is 29.2. The summed E-state index contributed by atoms with van der Waals surface area (Å²) in [6, 6.07) is -2.99. The molecule has 0 bridgehead atoms. The first-order chi connectivity index (χ1) is 44.9. The van der Waals surface area contributed by atoms with E-state index in [1.165, 1.54) is 7.11 Å². The minimum atomic E-state index is -4.94. The maximum Gasteiger partial charge on any atom is 0.471 e. The number of azide groups is 2.